The molecule has 1 heterocycles. The van der Waals surface area contributed by atoms with E-state index in [0.29, 0.717) is 13.0 Å². The fraction of sp³-hybridized carbons (Fsp3) is 0.769. The van der Waals surface area contributed by atoms with E-state index in [1.54, 1.807) is 6.08 Å². The molecule has 1 fully saturated rings. The molecule has 0 unspecified atom stereocenters. The smallest absolute Gasteiger partial charge is 0.308 e. The summed E-state index contributed by atoms with van der Waals surface area (Å²) >= 11 is 0. The van der Waals surface area contributed by atoms with Crippen molar-refractivity contribution in [1.29, 1.82) is 0 Å². The summed E-state index contributed by atoms with van der Waals surface area (Å²) in [6, 6.07) is 0. The predicted octanol–water partition coefficient (Wildman–Crippen LogP) is 1.36. The Balaban J connectivity index is 2.48. The van der Waals surface area contributed by atoms with Gasteiger partial charge in [-0.3, -0.25) is 4.79 Å². The summed E-state index contributed by atoms with van der Waals surface area (Å²) in [7, 11) is 0. The lowest BCUT2D eigenvalue weighted by molar-refractivity contribution is -0.300. The fourth-order valence-corrected chi connectivity index (χ4v) is 2.10. The van der Waals surface area contributed by atoms with Gasteiger partial charge in [0.1, 0.15) is 6.61 Å². The first-order valence-electron chi connectivity index (χ1n) is 6.29. The van der Waals surface area contributed by atoms with Gasteiger partial charge in [0, 0.05) is 6.42 Å². The highest BCUT2D eigenvalue weighted by molar-refractivity contribution is 5.70. The molecule has 1 aliphatic heterocycles. The van der Waals surface area contributed by atoms with Crippen molar-refractivity contribution in [3.63, 3.8) is 0 Å². The van der Waals surface area contributed by atoms with Crippen molar-refractivity contribution in [2.45, 2.75) is 51.1 Å². The average Bonchev–Trinajstić information content (AvgIpc) is 2.24. The molecule has 5 nitrogen and oxygen atoms in total. The molecule has 1 rings (SSSR count). The van der Waals surface area contributed by atoms with Crippen molar-refractivity contribution >= 4 is 5.97 Å². The van der Waals surface area contributed by atoms with Gasteiger partial charge in [-0.25, -0.2) is 0 Å². The zero-order valence-electron chi connectivity index (χ0n) is 11.2. The van der Waals surface area contributed by atoms with Crippen LogP contribution in [0.5, 0.6) is 0 Å². The third kappa shape index (κ3) is 5.16. The lowest BCUT2D eigenvalue weighted by atomic mass is 10.0. The minimum absolute atomic E-state index is 0.0379. The molecule has 18 heavy (non-hydrogen) atoms. The minimum Gasteiger partial charge on any atom is -0.461 e. The van der Waals surface area contributed by atoms with Crippen LogP contribution in [-0.4, -0.2) is 37.1 Å². The first-order valence-corrected chi connectivity index (χ1v) is 6.29. The van der Waals surface area contributed by atoms with Crippen molar-refractivity contribution in [2.75, 3.05) is 13.2 Å². The Bertz CT molecular complexity index is 291. The lowest BCUT2D eigenvalue weighted by Gasteiger charge is -2.40. The summed E-state index contributed by atoms with van der Waals surface area (Å²) in [5.74, 6) is -0.953. The molecule has 5 heteroatoms. The fourth-order valence-electron chi connectivity index (χ4n) is 2.10. The predicted molar refractivity (Wildman–Crippen MR) is 67.9 cm³/mol. The van der Waals surface area contributed by atoms with Crippen LogP contribution < -0.4 is 5.73 Å². The largest absolute Gasteiger partial charge is 0.461 e. The van der Waals surface area contributed by atoms with Gasteiger partial charge in [-0.1, -0.05) is 12.7 Å². The second kappa shape index (κ2) is 6.87. The van der Waals surface area contributed by atoms with Gasteiger partial charge in [0.25, 0.3) is 0 Å². The molecule has 2 atom stereocenters. The number of nitrogens with two attached hydrogens (primary N) is 1. The molecule has 0 radical (unpaired) electrons. The van der Waals surface area contributed by atoms with Crippen molar-refractivity contribution in [3.8, 4) is 0 Å². The lowest BCUT2D eigenvalue weighted by Crippen LogP contribution is -2.45. The number of carbonyl (C=O) groups excluding carboxylic acids is 1. The van der Waals surface area contributed by atoms with E-state index >= 15 is 0 Å². The van der Waals surface area contributed by atoms with Crippen LogP contribution in [0.3, 0.4) is 0 Å². The van der Waals surface area contributed by atoms with Crippen LogP contribution in [0.15, 0.2) is 12.7 Å². The van der Waals surface area contributed by atoms with Gasteiger partial charge >= 0.3 is 5.97 Å². The van der Waals surface area contributed by atoms with Gasteiger partial charge in [0.15, 0.2) is 5.79 Å². The maximum Gasteiger partial charge on any atom is 0.308 e. The second-order valence-electron chi connectivity index (χ2n) is 4.87. The Morgan fingerprint density at radius 2 is 2.17 bits per heavy atom. The van der Waals surface area contributed by atoms with Crippen LogP contribution in [0, 0.1) is 0 Å². The summed E-state index contributed by atoms with van der Waals surface area (Å²) in [5, 5.41) is 0. The zero-order chi connectivity index (χ0) is 13.6. The van der Waals surface area contributed by atoms with E-state index in [-0.39, 0.29) is 31.2 Å². The van der Waals surface area contributed by atoms with Gasteiger partial charge < -0.3 is 19.9 Å². The van der Waals surface area contributed by atoms with Crippen molar-refractivity contribution in [2.24, 2.45) is 5.73 Å². The molecule has 0 aromatic carbocycles. The maximum atomic E-state index is 11.5. The molecule has 2 N–H and O–H groups in total. The van der Waals surface area contributed by atoms with Gasteiger partial charge in [-0.15, -0.1) is 0 Å². The number of rotatable bonds is 6. The van der Waals surface area contributed by atoms with Crippen LogP contribution in [0.25, 0.3) is 0 Å². The van der Waals surface area contributed by atoms with Crippen molar-refractivity contribution in [3.05, 3.63) is 12.7 Å². The third-order valence-electron chi connectivity index (χ3n) is 2.67. The van der Waals surface area contributed by atoms with Gasteiger partial charge in [-0.05, 0) is 26.8 Å². The topological polar surface area (TPSA) is 70.8 Å². The Labute approximate surface area is 108 Å². The van der Waals surface area contributed by atoms with E-state index in [9.17, 15) is 4.79 Å². The molecule has 0 aromatic heterocycles. The first-order chi connectivity index (χ1) is 8.46. The molecular formula is C13H23NO4. The SMILES string of the molecule is C=CCOC(=O)C[C@H]1C[C@@H](CCN)OC(C)(C)O1. The Kier molecular flexibility index (Phi) is 5.78. The van der Waals surface area contributed by atoms with E-state index in [1.807, 2.05) is 13.8 Å². The standard InChI is InChI=1S/C13H23NO4/c1-4-7-16-12(15)9-11-8-10(5-6-14)17-13(2,3)18-11/h4,10-11H,1,5-9,14H2,2-3H3/t10-,11-/m1/s1. The molecule has 104 valence electrons. The summed E-state index contributed by atoms with van der Waals surface area (Å²) in [6.07, 6.45) is 3.08. The molecule has 1 aliphatic rings. The van der Waals surface area contributed by atoms with E-state index in [4.69, 9.17) is 19.9 Å². The summed E-state index contributed by atoms with van der Waals surface area (Å²) in [6.45, 7) is 7.98. The minimum atomic E-state index is -0.679. The van der Waals surface area contributed by atoms with E-state index in [2.05, 4.69) is 6.58 Å². The summed E-state index contributed by atoms with van der Waals surface area (Å²) in [5.41, 5.74) is 5.54. The quantitative estimate of drug-likeness (QED) is 0.574. The highest BCUT2D eigenvalue weighted by Gasteiger charge is 2.36. The van der Waals surface area contributed by atoms with Crippen LogP contribution in [0.1, 0.15) is 33.1 Å². The Morgan fingerprint density at radius 1 is 1.50 bits per heavy atom. The molecule has 0 bridgehead atoms. The van der Waals surface area contributed by atoms with E-state index < -0.39 is 5.79 Å². The van der Waals surface area contributed by atoms with Crippen molar-refractivity contribution in [1.82, 2.24) is 0 Å². The van der Waals surface area contributed by atoms with Gasteiger partial charge in [0.05, 0.1) is 18.6 Å². The van der Waals surface area contributed by atoms with Crippen LogP contribution in [0.2, 0.25) is 0 Å². The van der Waals surface area contributed by atoms with E-state index in [1.165, 1.54) is 0 Å². The molecule has 0 amide bonds. The number of esters is 1. The zero-order valence-corrected chi connectivity index (χ0v) is 11.2. The maximum absolute atomic E-state index is 11.5. The monoisotopic (exact) mass is 257 g/mol. The Morgan fingerprint density at radius 3 is 2.78 bits per heavy atom. The molecule has 1 saturated heterocycles. The highest BCUT2D eigenvalue weighted by atomic mass is 16.7. The molecule has 0 aromatic rings. The van der Waals surface area contributed by atoms with Gasteiger partial charge in [-0.2, -0.15) is 0 Å². The van der Waals surface area contributed by atoms with Gasteiger partial charge in [0.2, 0.25) is 0 Å². The average molecular weight is 257 g/mol. The number of carbonyl (C=O) groups is 1. The number of ether oxygens (including phenoxy) is 3. The van der Waals surface area contributed by atoms with E-state index in [0.717, 1.165) is 6.42 Å². The number of hydrogen-bond donors (Lipinski definition) is 1. The first kappa shape index (κ1) is 15.1. The van der Waals surface area contributed by atoms with Crippen LogP contribution in [0.4, 0.5) is 0 Å². The normalized spacial score (nSPS) is 26.6. The summed E-state index contributed by atoms with van der Waals surface area (Å²) < 4.78 is 16.4. The molecule has 0 aliphatic carbocycles. The van der Waals surface area contributed by atoms with Crippen LogP contribution in [-0.2, 0) is 19.0 Å². The van der Waals surface area contributed by atoms with Crippen LogP contribution >= 0.6 is 0 Å². The highest BCUT2D eigenvalue weighted by Crippen LogP contribution is 2.29. The molecule has 0 spiro atoms. The Hall–Kier alpha value is -0.910. The molecular weight excluding hydrogens is 234 g/mol. The number of hydrogen-bond acceptors (Lipinski definition) is 5. The summed E-state index contributed by atoms with van der Waals surface area (Å²) in [4.78, 5) is 11.5. The third-order valence-corrected chi connectivity index (χ3v) is 2.67. The van der Waals surface area contributed by atoms with Crippen molar-refractivity contribution < 1.29 is 19.0 Å². The molecule has 0 saturated carbocycles. The second-order valence-corrected chi connectivity index (χ2v) is 4.87.